The van der Waals surface area contributed by atoms with Crippen molar-refractivity contribution >= 4 is 5.91 Å². The highest BCUT2D eigenvalue weighted by molar-refractivity contribution is 5.94. The maximum atomic E-state index is 12.3. The Morgan fingerprint density at radius 1 is 1.32 bits per heavy atom. The second-order valence-electron chi connectivity index (χ2n) is 5.86. The molecular formula is C16H20N4O2. The van der Waals surface area contributed by atoms with E-state index < -0.39 is 5.60 Å². The lowest BCUT2D eigenvalue weighted by Crippen LogP contribution is -2.44. The van der Waals surface area contributed by atoms with Gasteiger partial charge in [-0.05, 0) is 31.0 Å². The summed E-state index contributed by atoms with van der Waals surface area (Å²) in [4.78, 5) is 16.2. The fraction of sp³-hybridized carbons (Fsp3) is 0.438. The Morgan fingerprint density at radius 3 is 2.86 bits per heavy atom. The summed E-state index contributed by atoms with van der Waals surface area (Å²) in [5.41, 5.74) is 0.575. The van der Waals surface area contributed by atoms with E-state index in [1.54, 1.807) is 29.2 Å². The standard InChI is InChI=1S/C16H20N4O2/c21-15(18-10-16(22)7-2-1-3-8-16)13-5-4-6-14(9-13)20-12-17-11-19-20/h4-6,9,11-12,22H,1-3,7-8,10H2,(H,18,21). The molecule has 1 aliphatic carbocycles. The van der Waals surface area contributed by atoms with E-state index in [0.717, 1.165) is 37.8 Å². The van der Waals surface area contributed by atoms with Crippen LogP contribution in [-0.2, 0) is 0 Å². The van der Waals surface area contributed by atoms with E-state index in [0.29, 0.717) is 12.1 Å². The van der Waals surface area contributed by atoms with Crippen molar-refractivity contribution in [2.75, 3.05) is 6.54 Å². The molecule has 0 bridgehead atoms. The summed E-state index contributed by atoms with van der Waals surface area (Å²) >= 11 is 0. The molecule has 2 aromatic rings. The van der Waals surface area contributed by atoms with Crippen LogP contribution in [0.25, 0.3) is 5.69 Å². The minimum atomic E-state index is -0.753. The van der Waals surface area contributed by atoms with E-state index in [1.165, 1.54) is 6.33 Å². The summed E-state index contributed by atoms with van der Waals surface area (Å²) in [6.07, 6.45) is 7.75. The fourth-order valence-electron chi connectivity index (χ4n) is 2.86. The summed E-state index contributed by atoms with van der Waals surface area (Å²) in [6.45, 7) is 0.305. The van der Waals surface area contributed by atoms with Gasteiger partial charge in [0.05, 0.1) is 11.3 Å². The third-order valence-electron chi connectivity index (χ3n) is 4.15. The Hall–Kier alpha value is -2.21. The van der Waals surface area contributed by atoms with E-state index in [1.807, 2.05) is 6.07 Å². The fourth-order valence-corrected chi connectivity index (χ4v) is 2.86. The number of benzene rings is 1. The van der Waals surface area contributed by atoms with Crippen LogP contribution in [0.4, 0.5) is 0 Å². The predicted octanol–water partition coefficient (Wildman–Crippen LogP) is 1.69. The van der Waals surface area contributed by atoms with E-state index in [9.17, 15) is 9.90 Å². The number of rotatable bonds is 4. The molecular weight excluding hydrogens is 280 g/mol. The Bertz CT molecular complexity index is 633. The number of hydrogen-bond donors (Lipinski definition) is 2. The van der Waals surface area contributed by atoms with Crippen molar-refractivity contribution in [3.8, 4) is 5.69 Å². The summed E-state index contributed by atoms with van der Waals surface area (Å²) in [5, 5.41) is 17.3. The van der Waals surface area contributed by atoms with Crippen LogP contribution in [0.2, 0.25) is 0 Å². The Morgan fingerprint density at radius 2 is 2.14 bits per heavy atom. The monoisotopic (exact) mass is 300 g/mol. The second-order valence-corrected chi connectivity index (χ2v) is 5.86. The second kappa shape index (κ2) is 6.27. The first-order valence-corrected chi connectivity index (χ1v) is 7.62. The third-order valence-corrected chi connectivity index (χ3v) is 4.15. The number of amides is 1. The Labute approximate surface area is 129 Å². The highest BCUT2D eigenvalue weighted by Crippen LogP contribution is 2.27. The third kappa shape index (κ3) is 3.33. The maximum absolute atomic E-state index is 12.3. The normalized spacial score (nSPS) is 17.1. The van der Waals surface area contributed by atoms with Crippen molar-refractivity contribution < 1.29 is 9.90 Å². The van der Waals surface area contributed by atoms with Gasteiger partial charge in [0, 0.05) is 12.1 Å². The van der Waals surface area contributed by atoms with E-state index in [2.05, 4.69) is 15.4 Å². The lowest BCUT2D eigenvalue weighted by molar-refractivity contribution is 0.00526. The minimum Gasteiger partial charge on any atom is -0.388 e. The summed E-state index contributed by atoms with van der Waals surface area (Å²) < 4.78 is 1.60. The molecule has 0 radical (unpaired) electrons. The van der Waals surface area contributed by atoms with Crippen LogP contribution in [0.1, 0.15) is 42.5 Å². The molecule has 3 rings (SSSR count). The molecule has 2 N–H and O–H groups in total. The van der Waals surface area contributed by atoms with Gasteiger partial charge in [0.2, 0.25) is 0 Å². The van der Waals surface area contributed by atoms with Gasteiger partial charge in [-0.15, -0.1) is 0 Å². The van der Waals surface area contributed by atoms with Gasteiger partial charge < -0.3 is 10.4 Å². The zero-order chi connectivity index (χ0) is 15.4. The van der Waals surface area contributed by atoms with Gasteiger partial charge in [-0.1, -0.05) is 25.3 Å². The molecule has 1 aromatic heterocycles. The predicted molar refractivity (Wildman–Crippen MR) is 81.7 cm³/mol. The molecule has 0 atom stereocenters. The van der Waals surface area contributed by atoms with Gasteiger partial charge in [-0.2, -0.15) is 5.10 Å². The topological polar surface area (TPSA) is 80.0 Å². The highest BCUT2D eigenvalue weighted by atomic mass is 16.3. The zero-order valence-corrected chi connectivity index (χ0v) is 12.4. The van der Waals surface area contributed by atoms with Gasteiger partial charge in [0.15, 0.2) is 0 Å². The molecule has 116 valence electrons. The molecule has 1 aliphatic rings. The van der Waals surface area contributed by atoms with Gasteiger partial charge in [-0.3, -0.25) is 4.79 Å². The molecule has 1 fully saturated rings. The molecule has 22 heavy (non-hydrogen) atoms. The summed E-state index contributed by atoms with van der Waals surface area (Å²) in [6, 6.07) is 7.18. The van der Waals surface area contributed by atoms with Crippen LogP contribution in [-0.4, -0.2) is 37.9 Å². The SMILES string of the molecule is O=C(NCC1(O)CCCCC1)c1cccc(-n2cncn2)c1. The van der Waals surface area contributed by atoms with Crippen molar-refractivity contribution in [1.29, 1.82) is 0 Å². The van der Waals surface area contributed by atoms with Gasteiger partial charge in [-0.25, -0.2) is 9.67 Å². The van der Waals surface area contributed by atoms with Crippen LogP contribution in [0.5, 0.6) is 0 Å². The van der Waals surface area contributed by atoms with Crippen LogP contribution < -0.4 is 5.32 Å². The quantitative estimate of drug-likeness (QED) is 0.900. The minimum absolute atomic E-state index is 0.180. The Balaban J connectivity index is 1.66. The lowest BCUT2D eigenvalue weighted by Gasteiger charge is -2.32. The smallest absolute Gasteiger partial charge is 0.251 e. The van der Waals surface area contributed by atoms with Gasteiger partial charge in [0.1, 0.15) is 12.7 Å². The summed E-state index contributed by atoms with van der Waals surface area (Å²) in [7, 11) is 0. The first-order chi connectivity index (χ1) is 10.7. The average Bonchev–Trinajstić information content (AvgIpc) is 3.08. The van der Waals surface area contributed by atoms with Crippen LogP contribution in [0.15, 0.2) is 36.9 Å². The van der Waals surface area contributed by atoms with Crippen molar-refractivity contribution in [1.82, 2.24) is 20.1 Å². The van der Waals surface area contributed by atoms with Crippen molar-refractivity contribution in [3.05, 3.63) is 42.5 Å². The maximum Gasteiger partial charge on any atom is 0.251 e. The zero-order valence-electron chi connectivity index (χ0n) is 12.4. The van der Waals surface area contributed by atoms with E-state index in [-0.39, 0.29) is 5.91 Å². The van der Waals surface area contributed by atoms with Crippen LogP contribution >= 0.6 is 0 Å². The van der Waals surface area contributed by atoms with Crippen LogP contribution in [0.3, 0.4) is 0 Å². The van der Waals surface area contributed by atoms with E-state index >= 15 is 0 Å². The molecule has 1 aromatic carbocycles. The molecule has 0 aliphatic heterocycles. The highest BCUT2D eigenvalue weighted by Gasteiger charge is 2.29. The summed E-state index contributed by atoms with van der Waals surface area (Å²) in [5.74, 6) is -0.180. The number of nitrogens with zero attached hydrogens (tertiary/aromatic N) is 3. The Kier molecular flexibility index (Phi) is 4.20. The largest absolute Gasteiger partial charge is 0.388 e. The molecule has 6 nitrogen and oxygen atoms in total. The van der Waals surface area contributed by atoms with Crippen molar-refractivity contribution in [2.24, 2.45) is 0 Å². The average molecular weight is 300 g/mol. The molecule has 1 amide bonds. The number of carbonyl (C=O) groups excluding carboxylic acids is 1. The molecule has 1 saturated carbocycles. The van der Waals surface area contributed by atoms with Crippen molar-refractivity contribution in [3.63, 3.8) is 0 Å². The number of carbonyl (C=O) groups is 1. The first kappa shape index (κ1) is 14.7. The van der Waals surface area contributed by atoms with E-state index in [4.69, 9.17) is 0 Å². The number of hydrogen-bond acceptors (Lipinski definition) is 4. The van der Waals surface area contributed by atoms with Crippen LogP contribution in [0, 0.1) is 0 Å². The lowest BCUT2D eigenvalue weighted by atomic mass is 9.85. The first-order valence-electron chi connectivity index (χ1n) is 7.62. The number of aliphatic hydroxyl groups is 1. The molecule has 6 heteroatoms. The number of nitrogens with one attached hydrogen (secondary N) is 1. The molecule has 0 spiro atoms. The molecule has 0 saturated heterocycles. The molecule has 0 unspecified atom stereocenters. The number of aromatic nitrogens is 3. The van der Waals surface area contributed by atoms with Gasteiger partial charge in [0.25, 0.3) is 5.91 Å². The van der Waals surface area contributed by atoms with Crippen molar-refractivity contribution in [2.45, 2.75) is 37.7 Å². The van der Waals surface area contributed by atoms with Gasteiger partial charge >= 0.3 is 0 Å². The molecule has 1 heterocycles.